The normalized spacial score (nSPS) is 17.8. The lowest BCUT2D eigenvalue weighted by Gasteiger charge is -2.28. The summed E-state index contributed by atoms with van der Waals surface area (Å²) in [5, 5.41) is 14.0. The zero-order chi connectivity index (χ0) is 27.4. The molecule has 0 spiro atoms. The van der Waals surface area contributed by atoms with Crippen molar-refractivity contribution in [3.8, 4) is 22.8 Å². The third kappa shape index (κ3) is 6.48. The highest BCUT2D eigenvalue weighted by molar-refractivity contribution is 7.87. The fraction of sp³-hybridized carbons (Fsp3) is 0.385. The van der Waals surface area contributed by atoms with Crippen molar-refractivity contribution in [3.63, 3.8) is 0 Å². The van der Waals surface area contributed by atoms with E-state index in [9.17, 15) is 22.7 Å². The summed E-state index contributed by atoms with van der Waals surface area (Å²) >= 11 is 12.6. The van der Waals surface area contributed by atoms with Gasteiger partial charge in [0.05, 0.1) is 35.3 Å². The Hall–Kier alpha value is -2.66. The first-order chi connectivity index (χ1) is 18.1. The van der Waals surface area contributed by atoms with Crippen molar-refractivity contribution >= 4 is 39.2 Å². The van der Waals surface area contributed by atoms with Gasteiger partial charge in [-0.05, 0) is 68.7 Å². The SMILES string of the molecule is Cc1c(C(=O)N[C@H]2CCCC[C@H]2O)nc(-c2ccc(Cl)cc2Cl)n1-c1ccc(OS(=O)(=O)CCCF)cc1. The predicted molar refractivity (Wildman–Crippen MR) is 144 cm³/mol. The standard InChI is InChI=1S/C26H28Cl2FN3O5S/c1-16-24(26(34)30-22-5-2-3-6-23(22)33)31-25(20-12-7-17(27)15-21(20)28)32(16)18-8-10-19(11-9-18)37-38(35,36)14-4-13-29/h7-12,15,22-23,33H,2-6,13-14H2,1H3,(H,30,34)/t22-,23+/m0/s1. The van der Waals surface area contributed by atoms with Gasteiger partial charge in [-0.1, -0.05) is 36.0 Å². The number of amides is 1. The molecule has 1 aromatic heterocycles. The summed E-state index contributed by atoms with van der Waals surface area (Å²) in [6.45, 7) is 0.978. The molecule has 204 valence electrons. The van der Waals surface area contributed by atoms with Crippen LogP contribution in [0.1, 0.15) is 48.3 Å². The molecule has 0 unspecified atom stereocenters. The molecule has 8 nitrogen and oxygen atoms in total. The van der Waals surface area contributed by atoms with Gasteiger partial charge in [-0.2, -0.15) is 8.42 Å². The van der Waals surface area contributed by atoms with E-state index in [4.69, 9.17) is 27.4 Å². The molecule has 1 saturated carbocycles. The molecule has 1 aliphatic rings. The number of hydrogen-bond acceptors (Lipinski definition) is 6. The number of hydrogen-bond donors (Lipinski definition) is 2. The van der Waals surface area contributed by atoms with Crippen LogP contribution in [0, 0.1) is 6.92 Å². The number of nitrogens with zero attached hydrogens (tertiary/aromatic N) is 2. The monoisotopic (exact) mass is 583 g/mol. The largest absolute Gasteiger partial charge is 0.391 e. The third-order valence-corrected chi connectivity index (χ3v) is 8.17. The van der Waals surface area contributed by atoms with Crippen LogP contribution in [0.25, 0.3) is 17.1 Å². The summed E-state index contributed by atoms with van der Waals surface area (Å²) in [5.74, 6) is -0.403. The molecule has 38 heavy (non-hydrogen) atoms. The average Bonchev–Trinajstić information content (AvgIpc) is 3.21. The Morgan fingerprint density at radius 2 is 1.89 bits per heavy atom. The number of aliphatic hydroxyl groups excluding tert-OH is 1. The minimum absolute atomic E-state index is 0.0701. The minimum atomic E-state index is -3.93. The van der Waals surface area contributed by atoms with Crippen molar-refractivity contribution < 1.29 is 26.9 Å². The number of imidazole rings is 1. The van der Waals surface area contributed by atoms with E-state index in [-0.39, 0.29) is 23.9 Å². The van der Waals surface area contributed by atoms with E-state index in [0.717, 1.165) is 12.8 Å². The number of carbonyl (C=O) groups excluding carboxylic acids is 1. The van der Waals surface area contributed by atoms with Crippen LogP contribution in [0.2, 0.25) is 10.0 Å². The number of aromatic nitrogens is 2. The van der Waals surface area contributed by atoms with E-state index in [1.165, 1.54) is 12.1 Å². The summed E-state index contributed by atoms with van der Waals surface area (Å²) in [4.78, 5) is 17.9. The van der Waals surface area contributed by atoms with Gasteiger partial charge >= 0.3 is 10.1 Å². The van der Waals surface area contributed by atoms with Gasteiger partial charge in [-0.3, -0.25) is 13.8 Å². The molecule has 4 rings (SSSR count). The van der Waals surface area contributed by atoms with Gasteiger partial charge in [0.2, 0.25) is 0 Å². The van der Waals surface area contributed by atoms with Gasteiger partial charge in [0, 0.05) is 16.3 Å². The molecule has 0 aliphatic heterocycles. The van der Waals surface area contributed by atoms with Crippen molar-refractivity contribution in [1.82, 2.24) is 14.9 Å². The van der Waals surface area contributed by atoms with Gasteiger partial charge in [0.1, 0.15) is 17.3 Å². The molecule has 1 fully saturated rings. The van der Waals surface area contributed by atoms with E-state index in [2.05, 4.69) is 10.3 Å². The molecule has 0 radical (unpaired) electrons. The summed E-state index contributed by atoms with van der Waals surface area (Å²) in [7, 11) is -3.93. The van der Waals surface area contributed by atoms with Crippen molar-refractivity contribution in [1.29, 1.82) is 0 Å². The topological polar surface area (TPSA) is 111 Å². The second kappa shape index (κ2) is 12.0. The van der Waals surface area contributed by atoms with Gasteiger partial charge in [-0.25, -0.2) is 4.98 Å². The number of aliphatic hydroxyl groups is 1. The zero-order valence-electron chi connectivity index (χ0n) is 20.7. The Morgan fingerprint density at radius 1 is 1.18 bits per heavy atom. The lowest BCUT2D eigenvalue weighted by Crippen LogP contribution is -2.45. The second-order valence-electron chi connectivity index (χ2n) is 9.14. The van der Waals surface area contributed by atoms with Gasteiger partial charge in [0.15, 0.2) is 0 Å². The van der Waals surface area contributed by atoms with Crippen LogP contribution in [0.5, 0.6) is 5.75 Å². The van der Waals surface area contributed by atoms with Crippen molar-refractivity contribution in [3.05, 3.63) is 63.9 Å². The molecular weight excluding hydrogens is 556 g/mol. The van der Waals surface area contributed by atoms with Crippen molar-refractivity contribution in [2.75, 3.05) is 12.4 Å². The fourth-order valence-corrected chi connectivity index (χ4v) is 5.91. The number of carbonyl (C=O) groups is 1. The van der Waals surface area contributed by atoms with E-state index in [0.29, 0.717) is 45.7 Å². The molecule has 3 aromatic rings. The number of nitrogens with one attached hydrogen (secondary N) is 1. The summed E-state index contributed by atoms with van der Waals surface area (Å²) in [6.07, 6.45) is 2.37. The summed E-state index contributed by atoms with van der Waals surface area (Å²) in [6, 6.07) is 10.7. The lowest BCUT2D eigenvalue weighted by atomic mass is 9.92. The second-order valence-corrected chi connectivity index (χ2v) is 11.7. The van der Waals surface area contributed by atoms with Crippen LogP contribution in [0.15, 0.2) is 42.5 Å². The molecule has 0 saturated heterocycles. The molecule has 0 bridgehead atoms. The van der Waals surface area contributed by atoms with E-state index >= 15 is 0 Å². The molecular formula is C26H28Cl2FN3O5S. The Kier molecular flexibility index (Phi) is 8.97. The highest BCUT2D eigenvalue weighted by atomic mass is 35.5. The smallest absolute Gasteiger partial charge is 0.309 e. The maximum atomic E-state index is 13.3. The van der Waals surface area contributed by atoms with Gasteiger partial charge in [0.25, 0.3) is 5.91 Å². The van der Waals surface area contributed by atoms with Crippen LogP contribution >= 0.6 is 23.2 Å². The molecule has 2 atom stereocenters. The first kappa shape index (κ1) is 28.4. The molecule has 1 heterocycles. The maximum Gasteiger partial charge on any atom is 0.309 e. The van der Waals surface area contributed by atoms with Crippen LogP contribution in [-0.2, 0) is 10.1 Å². The Bertz CT molecular complexity index is 1410. The minimum Gasteiger partial charge on any atom is -0.391 e. The Balaban J connectivity index is 1.72. The van der Waals surface area contributed by atoms with E-state index < -0.39 is 34.6 Å². The van der Waals surface area contributed by atoms with Crippen LogP contribution < -0.4 is 9.50 Å². The Morgan fingerprint density at radius 3 is 2.55 bits per heavy atom. The zero-order valence-corrected chi connectivity index (χ0v) is 23.0. The molecule has 1 aliphatic carbocycles. The quantitative estimate of drug-likeness (QED) is 0.332. The van der Waals surface area contributed by atoms with Crippen molar-refractivity contribution in [2.45, 2.75) is 51.2 Å². The predicted octanol–water partition coefficient (Wildman–Crippen LogP) is 5.26. The lowest BCUT2D eigenvalue weighted by molar-refractivity contribution is 0.0713. The summed E-state index contributed by atoms with van der Waals surface area (Å²) < 4.78 is 43.3. The van der Waals surface area contributed by atoms with E-state index in [1.807, 2.05) is 0 Å². The van der Waals surface area contributed by atoms with Crippen LogP contribution in [-0.4, -0.2) is 53.6 Å². The maximum absolute atomic E-state index is 13.3. The van der Waals surface area contributed by atoms with Gasteiger partial charge in [-0.15, -0.1) is 0 Å². The molecule has 2 aromatic carbocycles. The van der Waals surface area contributed by atoms with Crippen LogP contribution in [0.3, 0.4) is 0 Å². The number of benzene rings is 2. The first-order valence-corrected chi connectivity index (χ1v) is 14.5. The number of alkyl halides is 1. The molecule has 12 heteroatoms. The van der Waals surface area contributed by atoms with Crippen molar-refractivity contribution in [2.24, 2.45) is 0 Å². The summed E-state index contributed by atoms with van der Waals surface area (Å²) in [5.41, 5.74) is 1.78. The van der Waals surface area contributed by atoms with Crippen LogP contribution in [0.4, 0.5) is 4.39 Å². The highest BCUT2D eigenvalue weighted by Crippen LogP contribution is 2.34. The average molecular weight is 584 g/mol. The Labute approximate surface area is 230 Å². The number of rotatable bonds is 9. The fourth-order valence-electron chi connectivity index (χ4n) is 4.47. The molecule has 2 N–H and O–H groups in total. The molecule has 1 amide bonds. The number of halogens is 3. The van der Waals surface area contributed by atoms with Gasteiger partial charge < -0.3 is 14.6 Å². The van der Waals surface area contributed by atoms with E-state index in [1.54, 1.807) is 41.8 Å². The highest BCUT2D eigenvalue weighted by Gasteiger charge is 2.28. The third-order valence-electron chi connectivity index (χ3n) is 6.39. The first-order valence-electron chi connectivity index (χ1n) is 12.2.